The average Bonchev–Trinajstić information content (AvgIpc) is 2.48. The molecule has 1 aromatic carbocycles. The monoisotopic (exact) mass is 292 g/mol. The largest absolute Gasteiger partial charge is 0.477 e. The molecule has 0 aromatic heterocycles. The van der Waals surface area contributed by atoms with Crippen LogP contribution in [0.5, 0.6) is 5.75 Å². The van der Waals surface area contributed by atoms with Crippen molar-refractivity contribution in [2.24, 2.45) is 5.92 Å². The van der Waals surface area contributed by atoms with Crippen LogP contribution < -0.4 is 10.1 Å². The second kappa shape index (κ2) is 7.06. The van der Waals surface area contributed by atoms with E-state index in [1.807, 2.05) is 0 Å². The van der Waals surface area contributed by atoms with Gasteiger partial charge < -0.3 is 10.1 Å². The molecule has 6 heteroatoms. The van der Waals surface area contributed by atoms with Crippen molar-refractivity contribution >= 4 is 11.6 Å². The van der Waals surface area contributed by atoms with Crippen LogP contribution in [0, 0.1) is 16.0 Å². The Morgan fingerprint density at radius 1 is 1.38 bits per heavy atom. The van der Waals surface area contributed by atoms with Gasteiger partial charge in [0.1, 0.15) is 0 Å². The highest BCUT2D eigenvalue weighted by Crippen LogP contribution is 2.26. The van der Waals surface area contributed by atoms with Crippen LogP contribution in [-0.2, 0) is 4.79 Å². The van der Waals surface area contributed by atoms with E-state index < -0.39 is 4.92 Å². The van der Waals surface area contributed by atoms with E-state index in [1.54, 1.807) is 12.1 Å². The summed E-state index contributed by atoms with van der Waals surface area (Å²) in [4.78, 5) is 22.2. The fourth-order valence-electron chi connectivity index (χ4n) is 2.65. The summed E-state index contributed by atoms with van der Waals surface area (Å²) in [6, 6.07) is 6.24. The van der Waals surface area contributed by atoms with Gasteiger partial charge in [0.15, 0.2) is 12.4 Å². The Labute approximate surface area is 123 Å². The van der Waals surface area contributed by atoms with Gasteiger partial charge >= 0.3 is 5.69 Å². The molecule has 0 bridgehead atoms. The van der Waals surface area contributed by atoms with Crippen LogP contribution in [0.1, 0.15) is 32.6 Å². The summed E-state index contributed by atoms with van der Waals surface area (Å²) in [7, 11) is 0. The van der Waals surface area contributed by atoms with Crippen molar-refractivity contribution in [1.29, 1.82) is 0 Å². The lowest BCUT2D eigenvalue weighted by Gasteiger charge is -2.29. The first-order chi connectivity index (χ1) is 10.1. The van der Waals surface area contributed by atoms with E-state index in [2.05, 4.69) is 12.2 Å². The lowest BCUT2D eigenvalue weighted by atomic mass is 9.86. The molecule has 1 fully saturated rings. The molecule has 2 atom stereocenters. The molecule has 0 radical (unpaired) electrons. The Kier molecular flexibility index (Phi) is 5.14. The second-order valence-electron chi connectivity index (χ2n) is 5.45. The SMILES string of the molecule is C[C@@H]1CCCC[C@@H]1NC(=O)COc1ccccc1[N+](=O)[O-]. The van der Waals surface area contributed by atoms with Crippen LogP contribution in [0.3, 0.4) is 0 Å². The molecule has 0 spiro atoms. The summed E-state index contributed by atoms with van der Waals surface area (Å²) in [5, 5.41) is 13.8. The molecule has 0 heterocycles. The van der Waals surface area contributed by atoms with Crippen molar-refractivity contribution in [3.63, 3.8) is 0 Å². The van der Waals surface area contributed by atoms with Crippen molar-refractivity contribution in [2.75, 3.05) is 6.61 Å². The minimum atomic E-state index is -0.517. The highest BCUT2D eigenvalue weighted by atomic mass is 16.6. The zero-order chi connectivity index (χ0) is 15.2. The van der Waals surface area contributed by atoms with Gasteiger partial charge in [-0.25, -0.2) is 0 Å². The third-order valence-corrected chi connectivity index (χ3v) is 3.88. The van der Waals surface area contributed by atoms with Crippen LogP contribution in [0.2, 0.25) is 0 Å². The van der Waals surface area contributed by atoms with Crippen LogP contribution in [0.15, 0.2) is 24.3 Å². The molecule has 1 aliphatic carbocycles. The number of benzene rings is 1. The highest BCUT2D eigenvalue weighted by Gasteiger charge is 2.23. The first-order valence-electron chi connectivity index (χ1n) is 7.23. The zero-order valence-electron chi connectivity index (χ0n) is 12.1. The molecular formula is C15H20N2O4. The summed E-state index contributed by atoms with van der Waals surface area (Å²) in [5.41, 5.74) is -0.128. The number of nitrogens with zero attached hydrogens (tertiary/aromatic N) is 1. The van der Waals surface area contributed by atoms with Crippen LogP contribution >= 0.6 is 0 Å². The number of amides is 1. The van der Waals surface area contributed by atoms with Crippen molar-refractivity contribution in [3.8, 4) is 5.75 Å². The molecule has 1 aliphatic rings. The number of nitrogens with one attached hydrogen (secondary N) is 1. The van der Waals surface area contributed by atoms with E-state index in [-0.39, 0.29) is 30.0 Å². The summed E-state index contributed by atoms with van der Waals surface area (Å²) >= 11 is 0. The van der Waals surface area contributed by atoms with Crippen molar-refractivity contribution < 1.29 is 14.5 Å². The number of para-hydroxylation sites is 2. The second-order valence-corrected chi connectivity index (χ2v) is 5.45. The molecule has 21 heavy (non-hydrogen) atoms. The Morgan fingerprint density at radius 2 is 2.10 bits per heavy atom. The van der Waals surface area contributed by atoms with Crippen LogP contribution in [0.25, 0.3) is 0 Å². The predicted molar refractivity (Wildman–Crippen MR) is 78.2 cm³/mol. The van der Waals surface area contributed by atoms with Gasteiger partial charge in [-0.15, -0.1) is 0 Å². The molecule has 0 aliphatic heterocycles. The summed E-state index contributed by atoms with van der Waals surface area (Å²) in [6.07, 6.45) is 4.44. The average molecular weight is 292 g/mol. The molecule has 0 saturated heterocycles. The Hall–Kier alpha value is -2.11. The van der Waals surface area contributed by atoms with E-state index in [0.29, 0.717) is 5.92 Å². The number of ether oxygens (including phenoxy) is 1. The lowest BCUT2D eigenvalue weighted by Crippen LogP contribution is -2.43. The number of nitro groups is 1. The van der Waals surface area contributed by atoms with Gasteiger partial charge in [0.05, 0.1) is 4.92 Å². The third kappa shape index (κ3) is 4.18. The minimum absolute atomic E-state index is 0.120. The maximum atomic E-state index is 11.9. The predicted octanol–water partition coefficient (Wildman–Crippen LogP) is 2.67. The Morgan fingerprint density at radius 3 is 2.81 bits per heavy atom. The first-order valence-corrected chi connectivity index (χ1v) is 7.23. The summed E-state index contributed by atoms with van der Waals surface area (Å²) in [5.74, 6) is 0.356. The van der Waals surface area contributed by atoms with Gasteiger partial charge in [-0.3, -0.25) is 14.9 Å². The number of carbonyl (C=O) groups excluding carboxylic acids is 1. The highest BCUT2D eigenvalue weighted by molar-refractivity contribution is 5.78. The normalized spacial score (nSPS) is 21.6. The van der Waals surface area contributed by atoms with Gasteiger partial charge in [0.25, 0.3) is 5.91 Å². The zero-order valence-corrected chi connectivity index (χ0v) is 12.1. The molecular weight excluding hydrogens is 272 g/mol. The van der Waals surface area contributed by atoms with E-state index in [0.717, 1.165) is 19.3 Å². The van der Waals surface area contributed by atoms with Crippen molar-refractivity contribution in [2.45, 2.75) is 38.6 Å². The molecule has 1 aromatic rings. The standard InChI is InChI=1S/C15H20N2O4/c1-11-6-2-3-7-12(11)16-15(18)10-21-14-9-5-4-8-13(14)17(19)20/h4-5,8-9,11-12H,2-3,6-7,10H2,1H3,(H,16,18)/t11-,12+/m1/s1. The molecule has 114 valence electrons. The number of nitro benzene ring substituents is 1. The van der Waals surface area contributed by atoms with E-state index in [9.17, 15) is 14.9 Å². The Bertz CT molecular complexity index is 518. The van der Waals surface area contributed by atoms with Crippen molar-refractivity contribution in [1.82, 2.24) is 5.32 Å². The molecule has 1 amide bonds. The van der Waals surface area contributed by atoms with Crippen molar-refractivity contribution in [3.05, 3.63) is 34.4 Å². The Balaban J connectivity index is 1.88. The molecule has 2 rings (SSSR count). The molecule has 0 unspecified atom stereocenters. The van der Waals surface area contributed by atoms with E-state index in [4.69, 9.17) is 4.74 Å². The van der Waals surface area contributed by atoms with Gasteiger partial charge in [-0.1, -0.05) is 31.9 Å². The number of carbonyl (C=O) groups is 1. The van der Waals surface area contributed by atoms with Gasteiger partial charge in [-0.2, -0.15) is 0 Å². The summed E-state index contributed by atoms with van der Waals surface area (Å²) < 4.78 is 5.28. The van der Waals surface area contributed by atoms with E-state index in [1.165, 1.54) is 18.6 Å². The smallest absolute Gasteiger partial charge is 0.310 e. The first kappa shape index (κ1) is 15.3. The number of hydrogen-bond donors (Lipinski definition) is 1. The van der Waals surface area contributed by atoms with Crippen LogP contribution in [0.4, 0.5) is 5.69 Å². The molecule has 1 saturated carbocycles. The van der Waals surface area contributed by atoms with Gasteiger partial charge in [0.2, 0.25) is 0 Å². The number of rotatable bonds is 5. The quantitative estimate of drug-likeness (QED) is 0.668. The molecule has 1 N–H and O–H groups in total. The van der Waals surface area contributed by atoms with Crippen LogP contribution in [-0.4, -0.2) is 23.5 Å². The fraction of sp³-hybridized carbons (Fsp3) is 0.533. The minimum Gasteiger partial charge on any atom is -0.477 e. The summed E-state index contributed by atoms with van der Waals surface area (Å²) in [6.45, 7) is 1.93. The lowest BCUT2D eigenvalue weighted by molar-refractivity contribution is -0.385. The van der Waals surface area contributed by atoms with Gasteiger partial charge in [-0.05, 0) is 24.8 Å². The molecule has 6 nitrogen and oxygen atoms in total. The maximum absolute atomic E-state index is 11.9. The van der Waals surface area contributed by atoms with Gasteiger partial charge in [0, 0.05) is 12.1 Å². The third-order valence-electron chi connectivity index (χ3n) is 3.88. The topological polar surface area (TPSA) is 81.5 Å². The fourth-order valence-corrected chi connectivity index (χ4v) is 2.65. The maximum Gasteiger partial charge on any atom is 0.310 e. The number of hydrogen-bond acceptors (Lipinski definition) is 4. The van der Waals surface area contributed by atoms with E-state index >= 15 is 0 Å².